The van der Waals surface area contributed by atoms with E-state index in [4.69, 9.17) is 5.73 Å². The van der Waals surface area contributed by atoms with Gasteiger partial charge in [0, 0.05) is 12.6 Å². The molecular formula is C11H15F3N4S. The van der Waals surface area contributed by atoms with Gasteiger partial charge in [0.05, 0.1) is 0 Å². The second kappa shape index (κ2) is 5.85. The number of rotatable bonds is 3. The molecule has 2 rings (SSSR count). The highest BCUT2D eigenvalue weighted by molar-refractivity contribution is 7.99. The normalized spacial score (nSPS) is 17.4. The number of aromatic nitrogens is 2. The third-order valence-electron chi connectivity index (χ3n) is 2.95. The quantitative estimate of drug-likeness (QED) is 0.896. The molecule has 4 nitrogen and oxygen atoms in total. The van der Waals surface area contributed by atoms with Crippen molar-refractivity contribution in [1.82, 2.24) is 9.97 Å². The minimum absolute atomic E-state index is 0.137. The minimum Gasteiger partial charge on any atom is -0.370 e. The summed E-state index contributed by atoms with van der Waals surface area (Å²) in [4.78, 5) is 6.98. The van der Waals surface area contributed by atoms with Crippen molar-refractivity contribution < 1.29 is 13.2 Å². The predicted octanol–water partition coefficient (Wildman–Crippen LogP) is 2.63. The Kier molecular flexibility index (Phi) is 4.38. The number of nitrogen functional groups attached to an aromatic ring is 1. The summed E-state index contributed by atoms with van der Waals surface area (Å²) in [7, 11) is 0. The SMILES string of the molecule is Nc1nc(NCC2CCSCC2)cc(C(F)(F)F)n1. The Morgan fingerprint density at radius 3 is 2.63 bits per heavy atom. The zero-order chi connectivity index (χ0) is 13.9. The lowest BCUT2D eigenvalue weighted by atomic mass is 10.0. The molecule has 106 valence electrons. The molecule has 2 heterocycles. The van der Waals surface area contributed by atoms with Crippen molar-refractivity contribution in [3.63, 3.8) is 0 Å². The molecule has 0 aliphatic carbocycles. The highest BCUT2D eigenvalue weighted by Gasteiger charge is 2.33. The van der Waals surface area contributed by atoms with Crippen LogP contribution in [0.25, 0.3) is 0 Å². The number of thioether (sulfide) groups is 1. The lowest BCUT2D eigenvalue weighted by molar-refractivity contribution is -0.141. The van der Waals surface area contributed by atoms with Crippen molar-refractivity contribution in [2.24, 2.45) is 5.92 Å². The van der Waals surface area contributed by atoms with Gasteiger partial charge in [-0.05, 0) is 30.3 Å². The summed E-state index contributed by atoms with van der Waals surface area (Å²) in [6.45, 7) is 0.619. The Labute approximate surface area is 113 Å². The van der Waals surface area contributed by atoms with Crippen LogP contribution in [0.2, 0.25) is 0 Å². The summed E-state index contributed by atoms with van der Waals surface area (Å²) in [5, 5.41) is 2.93. The lowest BCUT2D eigenvalue weighted by Crippen LogP contribution is -2.20. The zero-order valence-electron chi connectivity index (χ0n) is 10.2. The van der Waals surface area contributed by atoms with Gasteiger partial charge in [0.15, 0.2) is 5.69 Å². The van der Waals surface area contributed by atoms with Crippen LogP contribution < -0.4 is 11.1 Å². The first-order valence-corrected chi connectivity index (χ1v) is 7.14. The molecule has 1 aromatic rings. The molecule has 1 saturated heterocycles. The van der Waals surface area contributed by atoms with Crippen LogP contribution >= 0.6 is 11.8 Å². The fraction of sp³-hybridized carbons (Fsp3) is 0.636. The summed E-state index contributed by atoms with van der Waals surface area (Å²) in [5.41, 5.74) is 4.29. The van der Waals surface area contributed by atoms with Crippen molar-refractivity contribution in [3.05, 3.63) is 11.8 Å². The molecule has 19 heavy (non-hydrogen) atoms. The molecule has 0 aromatic carbocycles. The van der Waals surface area contributed by atoms with E-state index in [1.54, 1.807) is 0 Å². The zero-order valence-corrected chi connectivity index (χ0v) is 11.0. The van der Waals surface area contributed by atoms with Gasteiger partial charge in [-0.25, -0.2) is 4.98 Å². The second-order valence-corrected chi connectivity index (χ2v) is 5.66. The van der Waals surface area contributed by atoms with E-state index in [2.05, 4.69) is 15.3 Å². The van der Waals surface area contributed by atoms with Gasteiger partial charge < -0.3 is 11.1 Å². The number of nitrogens with two attached hydrogens (primary N) is 1. The van der Waals surface area contributed by atoms with E-state index in [0.29, 0.717) is 12.5 Å². The summed E-state index contributed by atoms with van der Waals surface area (Å²) in [6.07, 6.45) is -2.36. The van der Waals surface area contributed by atoms with Crippen molar-refractivity contribution in [2.75, 3.05) is 29.1 Å². The number of halogens is 3. The van der Waals surface area contributed by atoms with Crippen LogP contribution in [0.5, 0.6) is 0 Å². The number of nitrogens with zero attached hydrogens (tertiary/aromatic N) is 2. The minimum atomic E-state index is -4.50. The Morgan fingerprint density at radius 2 is 2.00 bits per heavy atom. The average Bonchev–Trinajstić information content (AvgIpc) is 2.36. The molecule has 3 N–H and O–H groups in total. The van der Waals surface area contributed by atoms with Gasteiger partial charge in [0.1, 0.15) is 5.82 Å². The van der Waals surface area contributed by atoms with Crippen LogP contribution in [0.3, 0.4) is 0 Å². The summed E-state index contributed by atoms with van der Waals surface area (Å²) in [6, 6.07) is 0.897. The van der Waals surface area contributed by atoms with Gasteiger partial charge in [-0.3, -0.25) is 0 Å². The summed E-state index contributed by atoms with van der Waals surface area (Å²) in [5.74, 6) is 2.46. The number of anilines is 2. The largest absolute Gasteiger partial charge is 0.433 e. The monoisotopic (exact) mass is 292 g/mol. The van der Waals surface area contributed by atoms with E-state index in [9.17, 15) is 13.2 Å². The fourth-order valence-electron chi connectivity index (χ4n) is 1.90. The molecule has 0 saturated carbocycles. The smallest absolute Gasteiger partial charge is 0.370 e. The maximum absolute atomic E-state index is 12.6. The first-order valence-electron chi connectivity index (χ1n) is 5.98. The fourth-order valence-corrected chi connectivity index (χ4v) is 3.11. The third kappa shape index (κ3) is 4.15. The highest BCUT2D eigenvalue weighted by Crippen LogP contribution is 2.29. The third-order valence-corrected chi connectivity index (χ3v) is 4.00. The molecule has 8 heteroatoms. The summed E-state index contributed by atoms with van der Waals surface area (Å²) >= 11 is 1.91. The topological polar surface area (TPSA) is 63.8 Å². The van der Waals surface area contributed by atoms with E-state index in [-0.39, 0.29) is 11.8 Å². The molecule has 0 unspecified atom stereocenters. The molecule has 1 fully saturated rings. The molecule has 0 bridgehead atoms. The maximum atomic E-state index is 12.6. The van der Waals surface area contributed by atoms with E-state index in [1.807, 2.05) is 11.8 Å². The van der Waals surface area contributed by atoms with E-state index in [1.165, 1.54) is 0 Å². The lowest BCUT2D eigenvalue weighted by Gasteiger charge is -2.21. The second-order valence-electron chi connectivity index (χ2n) is 4.43. The Balaban J connectivity index is 2.01. The molecule has 0 amide bonds. The first-order chi connectivity index (χ1) is 8.95. The van der Waals surface area contributed by atoms with Crippen molar-refractivity contribution in [3.8, 4) is 0 Å². The Hall–Kier alpha value is -1.18. The van der Waals surface area contributed by atoms with Gasteiger partial charge in [-0.15, -0.1) is 0 Å². The molecule has 1 aromatic heterocycles. The van der Waals surface area contributed by atoms with Crippen molar-refractivity contribution in [1.29, 1.82) is 0 Å². The van der Waals surface area contributed by atoms with E-state index >= 15 is 0 Å². The molecular weight excluding hydrogens is 277 g/mol. The first kappa shape index (κ1) is 14.2. The number of hydrogen-bond donors (Lipinski definition) is 2. The Bertz CT molecular complexity index is 432. The summed E-state index contributed by atoms with van der Waals surface area (Å²) < 4.78 is 37.7. The van der Waals surface area contributed by atoms with Gasteiger partial charge in [-0.1, -0.05) is 0 Å². The van der Waals surface area contributed by atoms with E-state index in [0.717, 1.165) is 30.4 Å². The number of hydrogen-bond acceptors (Lipinski definition) is 5. The molecule has 0 atom stereocenters. The van der Waals surface area contributed by atoms with Crippen LogP contribution in [0.15, 0.2) is 6.07 Å². The predicted molar refractivity (Wildman–Crippen MR) is 70.0 cm³/mol. The van der Waals surface area contributed by atoms with Gasteiger partial charge in [0.25, 0.3) is 0 Å². The molecule has 1 aliphatic rings. The average molecular weight is 292 g/mol. The van der Waals surface area contributed by atoms with Crippen LogP contribution in [0.4, 0.5) is 24.9 Å². The number of alkyl halides is 3. The van der Waals surface area contributed by atoms with Gasteiger partial charge in [0.2, 0.25) is 5.95 Å². The van der Waals surface area contributed by atoms with Gasteiger partial charge >= 0.3 is 6.18 Å². The molecule has 1 aliphatic heterocycles. The van der Waals surface area contributed by atoms with Crippen LogP contribution in [0.1, 0.15) is 18.5 Å². The number of nitrogens with one attached hydrogen (secondary N) is 1. The van der Waals surface area contributed by atoms with Crippen LogP contribution in [-0.2, 0) is 6.18 Å². The van der Waals surface area contributed by atoms with Gasteiger partial charge in [-0.2, -0.15) is 29.9 Å². The molecule has 0 radical (unpaired) electrons. The Morgan fingerprint density at radius 1 is 1.32 bits per heavy atom. The van der Waals surface area contributed by atoms with Crippen molar-refractivity contribution in [2.45, 2.75) is 19.0 Å². The van der Waals surface area contributed by atoms with E-state index < -0.39 is 11.9 Å². The standard InChI is InChI=1S/C11H15F3N4S/c12-11(13,14)8-5-9(18-10(15)17-8)16-6-7-1-3-19-4-2-7/h5,7H,1-4,6H2,(H3,15,16,17,18). The van der Waals surface area contributed by atoms with Crippen LogP contribution in [-0.4, -0.2) is 28.0 Å². The molecule has 0 spiro atoms. The maximum Gasteiger partial charge on any atom is 0.433 e. The van der Waals surface area contributed by atoms with Crippen LogP contribution in [0, 0.1) is 5.92 Å². The highest BCUT2D eigenvalue weighted by atomic mass is 32.2. The van der Waals surface area contributed by atoms with Crippen molar-refractivity contribution >= 4 is 23.5 Å².